The van der Waals surface area contributed by atoms with Crippen molar-refractivity contribution in [1.29, 1.82) is 0 Å². The number of nitrogens with zero attached hydrogens (tertiary/aromatic N) is 4. The first-order valence-corrected chi connectivity index (χ1v) is 7.79. The van der Waals surface area contributed by atoms with Gasteiger partial charge in [-0.3, -0.25) is 9.48 Å². The molecule has 22 heavy (non-hydrogen) atoms. The summed E-state index contributed by atoms with van der Waals surface area (Å²) in [4.78, 5) is 14.9. The summed E-state index contributed by atoms with van der Waals surface area (Å²) >= 11 is 0. The Balaban J connectivity index is 1.81. The number of aromatic nitrogens is 3. The third kappa shape index (κ3) is 2.77. The highest BCUT2D eigenvalue weighted by atomic mass is 16.5. The van der Waals surface area contributed by atoms with Crippen LogP contribution in [0.25, 0.3) is 0 Å². The highest BCUT2D eigenvalue weighted by molar-refractivity contribution is 5.96. The molecule has 0 bridgehead atoms. The van der Waals surface area contributed by atoms with Gasteiger partial charge in [-0.25, -0.2) is 0 Å². The molecule has 1 atom stereocenters. The van der Waals surface area contributed by atoms with Crippen LogP contribution in [-0.2, 0) is 6.54 Å². The summed E-state index contributed by atoms with van der Waals surface area (Å²) in [5.41, 5.74) is 2.42. The molecule has 3 heterocycles. The van der Waals surface area contributed by atoms with Gasteiger partial charge in [0.25, 0.3) is 5.91 Å². The van der Waals surface area contributed by atoms with E-state index in [1.54, 1.807) is 6.92 Å². The van der Waals surface area contributed by atoms with Gasteiger partial charge in [0.05, 0.1) is 24.5 Å². The molecule has 0 radical (unpaired) electrons. The lowest BCUT2D eigenvalue weighted by atomic mass is 10.0. The molecule has 6 heteroatoms. The van der Waals surface area contributed by atoms with E-state index in [9.17, 15) is 4.79 Å². The van der Waals surface area contributed by atoms with E-state index in [1.165, 1.54) is 0 Å². The Morgan fingerprint density at radius 1 is 1.36 bits per heavy atom. The average molecular weight is 302 g/mol. The molecule has 1 aliphatic rings. The van der Waals surface area contributed by atoms with Crippen molar-refractivity contribution in [1.82, 2.24) is 19.8 Å². The van der Waals surface area contributed by atoms with Gasteiger partial charge in [0, 0.05) is 12.7 Å². The number of likely N-dealkylation sites (tertiary alicyclic amines) is 1. The van der Waals surface area contributed by atoms with Gasteiger partial charge in [-0.05, 0) is 45.6 Å². The predicted octanol–water partition coefficient (Wildman–Crippen LogP) is 2.49. The second-order valence-corrected chi connectivity index (χ2v) is 6.09. The highest BCUT2D eigenvalue weighted by Crippen LogP contribution is 2.23. The maximum atomic E-state index is 12.9. The number of carbonyl (C=O) groups is 1. The van der Waals surface area contributed by atoms with Crippen molar-refractivity contribution in [2.24, 2.45) is 0 Å². The van der Waals surface area contributed by atoms with Gasteiger partial charge in [0.15, 0.2) is 0 Å². The third-order valence-electron chi connectivity index (χ3n) is 4.30. The van der Waals surface area contributed by atoms with E-state index in [2.05, 4.69) is 10.3 Å². The molecule has 1 saturated heterocycles. The van der Waals surface area contributed by atoms with Crippen LogP contribution in [0.3, 0.4) is 0 Å². The number of hydrogen-bond donors (Lipinski definition) is 0. The lowest BCUT2D eigenvalue weighted by Crippen LogP contribution is -2.46. The van der Waals surface area contributed by atoms with Crippen LogP contribution in [0, 0.1) is 20.8 Å². The first-order valence-electron chi connectivity index (χ1n) is 7.79. The standard InChI is InChI=1S/C16H22N4O2/c1-11-8-17-19(9-11)10-14-6-4-5-7-20(14)16(21)15-12(2)18-22-13(15)3/h8-9,14H,4-7,10H2,1-3H3/t14-/m0/s1. The van der Waals surface area contributed by atoms with Crippen LogP contribution in [0.1, 0.15) is 46.6 Å². The molecule has 118 valence electrons. The van der Waals surface area contributed by atoms with Gasteiger partial charge < -0.3 is 9.42 Å². The predicted molar refractivity (Wildman–Crippen MR) is 81.6 cm³/mol. The lowest BCUT2D eigenvalue weighted by Gasteiger charge is -2.35. The zero-order valence-corrected chi connectivity index (χ0v) is 13.4. The Labute approximate surface area is 130 Å². The molecule has 2 aromatic rings. The number of amides is 1. The van der Waals surface area contributed by atoms with Gasteiger partial charge in [-0.2, -0.15) is 5.10 Å². The SMILES string of the molecule is Cc1cnn(C[C@@H]2CCCCN2C(=O)c2c(C)noc2C)c1. The van der Waals surface area contributed by atoms with E-state index in [1.807, 2.05) is 35.8 Å². The molecule has 0 unspecified atom stereocenters. The average Bonchev–Trinajstić information content (AvgIpc) is 3.05. The summed E-state index contributed by atoms with van der Waals surface area (Å²) < 4.78 is 7.08. The maximum absolute atomic E-state index is 12.9. The van der Waals surface area contributed by atoms with Crippen molar-refractivity contribution in [3.63, 3.8) is 0 Å². The van der Waals surface area contributed by atoms with E-state index < -0.39 is 0 Å². The molecule has 2 aromatic heterocycles. The zero-order valence-electron chi connectivity index (χ0n) is 13.4. The molecule has 0 N–H and O–H groups in total. The number of piperidine rings is 1. The van der Waals surface area contributed by atoms with Gasteiger partial charge in [0.2, 0.25) is 0 Å². The normalized spacial score (nSPS) is 18.7. The molecule has 0 spiro atoms. The smallest absolute Gasteiger partial charge is 0.259 e. The van der Waals surface area contributed by atoms with Gasteiger partial charge >= 0.3 is 0 Å². The van der Waals surface area contributed by atoms with Gasteiger partial charge in [0.1, 0.15) is 11.3 Å². The summed E-state index contributed by atoms with van der Waals surface area (Å²) in [7, 11) is 0. The van der Waals surface area contributed by atoms with Crippen molar-refractivity contribution in [2.75, 3.05) is 6.54 Å². The minimum Gasteiger partial charge on any atom is -0.361 e. The van der Waals surface area contributed by atoms with Crippen LogP contribution in [-0.4, -0.2) is 38.3 Å². The number of hydrogen-bond acceptors (Lipinski definition) is 4. The number of carbonyl (C=O) groups excluding carboxylic acids is 1. The monoisotopic (exact) mass is 302 g/mol. The Bertz CT molecular complexity index is 654. The van der Waals surface area contributed by atoms with E-state index in [4.69, 9.17) is 4.52 Å². The van der Waals surface area contributed by atoms with Crippen molar-refractivity contribution in [3.8, 4) is 0 Å². The van der Waals surface area contributed by atoms with Crippen LogP contribution in [0.15, 0.2) is 16.9 Å². The Hall–Kier alpha value is -2.11. The lowest BCUT2D eigenvalue weighted by molar-refractivity contribution is 0.0581. The van der Waals surface area contributed by atoms with Crippen LogP contribution < -0.4 is 0 Å². The van der Waals surface area contributed by atoms with Crippen LogP contribution in [0.5, 0.6) is 0 Å². The maximum Gasteiger partial charge on any atom is 0.259 e. The molecule has 1 aliphatic heterocycles. The highest BCUT2D eigenvalue weighted by Gasteiger charge is 2.31. The van der Waals surface area contributed by atoms with Crippen molar-refractivity contribution >= 4 is 5.91 Å². The van der Waals surface area contributed by atoms with Crippen molar-refractivity contribution in [2.45, 2.75) is 52.6 Å². The minimum atomic E-state index is 0.0322. The summed E-state index contributed by atoms with van der Waals surface area (Å²) in [6.07, 6.45) is 7.07. The molecule has 0 aliphatic carbocycles. The summed E-state index contributed by atoms with van der Waals surface area (Å²) in [6.45, 7) is 7.16. The largest absolute Gasteiger partial charge is 0.361 e. The first kappa shape index (κ1) is 14.8. The zero-order chi connectivity index (χ0) is 15.7. The quantitative estimate of drug-likeness (QED) is 0.874. The second kappa shape index (κ2) is 5.94. The molecule has 0 saturated carbocycles. The Morgan fingerprint density at radius 2 is 2.18 bits per heavy atom. The fraction of sp³-hybridized carbons (Fsp3) is 0.562. The fourth-order valence-corrected chi connectivity index (χ4v) is 3.17. The molecule has 1 fully saturated rings. The van der Waals surface area contributed by atoms with E-state index in [0.717, 1.165) is 37.9 Å². The minimum absolute atomic E-state index is 0.0322. The molecular formula is C16H22N4O2. The van der Waals surface area contributed by atoms with E-state index in [0.29, 0.717) is 17.0 Å². The topological polar surface area (TPSA) is 64.2 Å². The fourth-order valence-electron chi connectivity index (χ4n) is 3.17. The first-order chi connectivity index (χ1) is 10.6. The summed E-state index contributed by atoms with van der Waals surface area (Å²) in [6, 6.07) is 0.175. The third-order valence-corrected chi connectivity index (χ3v) is 4.30. The Morgan fingerprint density at radius 3 is 2.82 bits per heavy atom. The summed E-state index contributed by atoms with van der Waals surface area (Å²) in [5, 5.41) is 8.25. The van der Waals surface area contributed by atoms with Crippen LogP contribution in [0.4, 0.5) is 0 Å². The molecule has 1 amide bonds. The molecular weight excluding hydrogens is 280 g/mol. The Kier molecular flexibility index (Phi) is 4.00. The molecule has 6 nitrogen and oxygen atoms in total. The van der Waals surface area contributed by atoms with Gasteiger partial charge in [-0.15, -0.1) is 0 Å². The van der Waals surface area contributed by atoms with E-state index in [-0.39, 0.29) is 11.9 Å². The molecule has 3 rings (SSSR count). The van der Waals surface area contributed by atoms with Crippen LogP contribution >= 0.6 is 0 Å². The molecule has 0 aromatic carbocycles. The van der Waals surface area contributed by atoms with Crippen molar-refractivity contribution in [3.05, 3.63) is 35.0 Å². The number of rotatable bonds is 3. The van der Waals surface area contributed by atoms with E-state index >= 15 is 0 Å². The summed E-state index contributed by atoms with van der Waals surface area (Å²) in [5.74, 6) is 0.631. The van der Waals surface area contributed by atoms with Crippen LogP contribution in [0.2, 0.25) is 0 Å². The van der Waals surface area contributed by atoms with Crippen molar-refractivity contribution < 1.29 is 9.32 Å². The second-order valence-electron chi connectivity index (χ2n) is 6.09. The number of aryl methyl sites for hydroxylation is 3. The van der Waals surface area contributed by atoms with Gasteiger partial charge in [-0.1, -0.05) is 5.16 Å².